The summed E-state index contributed by atoms with van der Waals surface area (Å²) in [6.45, 7) is 1.97. The molecule has 0 atom stereocenters. The first-order valence-electron chi connectivity index (χ1n) is 12.0. The molecule has 1 aliphatic heterocycles. The molecule has 9 nitrogen and oxygen atoms in total. The number of imidazole rings is 1. The number of aromatic amines is 2. The van der Waals surface area contributed by atoms with Crippen molar-refractivity contribution in [1.82, 2.24) is 40.4 Å². The summed E-state index contributed by atoms with van der Waals surface area (Å²) in [5.74, 6) is 1.37. The number of hydrogen-bond acceptors (Lipinski definition) is 8. The van der Waals surface area contributed by atoms with E-state index in [0.717, 1.165) is 68.9 Å². The van der Waals surface area contributed by atoms with E-state index in [4.69, 9.17) is 26.3 Å². The van der Waals surface area contributed by atoms with E-state index in [2.05, 4.69) is 30.5 Å². The molecule has 1 aliphatic rings. The maximum absolute atomic E-state index is 6.17. The molecule has 37 heavy (non-hydrogen) atoms. The van der Waals surface area contributed by atoms with Crippen LogP contribution in [-0.4, -0.2) is 54.3 Å². The molecule has 1 saturated heterocycles. The van der Waals surface area contributed by atoms with Crippen LogP contribution < -0.4 is 10.1 Å². The monoisotopic (exact) mass is 528 g/mol. The molecule has 0 radical (unpaired) electrons. The van der Waals surface area contributed by atoms with Crippen molar-refractivity contribution in [2.24, 2.45) is 0 Å². The summed E-state index contributed by atoms with van der Waals surface area (Å²) < 4.78 is 6.82. The molecule has 0 saturated carbocycles. The lowest BCUT2D eigenvalue weighted by molar-refractivity contribution is 0.162. The lowest BCUT2D eigenvalue weighted by Gasteiger charge is -2.23. The summed E-state index contributed by atoms with van der Waals surface area (Å²) >= 11 is 7.68. The number of piperidine rings is 1. The van der Waals surface area contributed by atoms with E-state index in [1.165, 1.54) is 11.3 Å². The Balaban J connectivity index is 1.22. The Morgan fingerprint density at radius 2 is 1.84 bits per heavy atom. The minimum absolute atomic E-state index is 0.229. The first-order chi connectivity index (χ1) is 18.2. The van der Waals surface area contributed by atoms with Crippen LogP contribution in [0.15, 0.2) is 54.9 Å². The molecular weight excluding hydrogens is 508 g/mol. The second-order valence-corrected chi connectivity index (χ2v) is 10.6. The Morgan fingerprint density at radius 1 is 0.946 bits per heavy atom. The molecule has 7 heterocycles. The van der Waals surface area contributed by atoms with Gasteiger partial charge in [-0.2, -0.15) is 5.10 Å². The second-order valence-electron chi connectivity index (χ2n) is 8.86. The SMILES string of the molecule is Clc1ccc(-c2ccnc3nc(-c4n[nH]c5ccc(-c6ccc(OC7CCNCC7)cn6)nc45)[nH]c23)s1. The van der Waals surface area contributed by atoms with Gasteiger partial charge in [-0.15, -0.1) is 11.3 Å². The van der Waals surface area contributed by atoms with Gasteiger partial charge in [-0.3, -0.25) is 10.1 Å². The van der Waals surface area contributed by atoms with Crippen LogP contribution in [0.5, 0.6) is 5.75 Å². The fourth-order valence-corrected chi connectivity index (χ4v) is 5.68. The summed E-state index contributed by atoms with van der Waals surface area (Å²) in [7, 11) is 0. The zero-order valence-corrected chi connectivity index (χ0v) is 21.1. The molecule has 3 N–H and O–H groups in total. The Hall–Kier alpha value is -3.86. The van der Waals surface area contributed by atoms with E-state index in [-0.39, 0.29) is 6.10 Å². The Labute approximate surface area is 220 Å². The Bertz CT molecular complexity index is 1720. The van der Waals surface area contributed by atoms with E-state index in [1.807, 2.05) is 42.5 Å². The van der Waals surface area contributed by atoms with Gasteiger partial charge in [0.2, 0.25) is 0 Å². The second kappa shape index (κ2) is 9.22. The predicted molar refractivity (Wildman–Crippen MR) is 145 cm³/mol. The maximum Gasteiger partial charge on any atom is 0.178 e. The number of H-pyrrole nitrogens is 2. The minimum atomic E-state index is 0.229. The molecule has 0 aromatic carbocycles. The van der Waals surface area contributed by atoms with Crippen molar-refractivity contribution in [3.8, 4) is 39.1 Å². The largest absolute Gasteiger partial charge is 0.489 e. The molecule has 0 bridgehead atoms. The smallest absolute Gasteiger partial charge is 0.178 e. The first-order valence-corrected chi connectivity index (χ1v) is 13.2. The van der Waals surface area contributed by atoms with Crippen LogP contribution in [0.2, 0.25) is 4.34 Å². The molecule has 0 unspecified atom stereocenters. The third kappa shape index (κ3) is 4.22. The van der Waals surface area contributed by atoms with Crippen molar-refractivity contribution in [2.75, 3.05) is 13.1 Å². The summed E-state index contributed by atoms with van der Waals surface area (Å²) in [6, 6.07) is 13.6. The normalized spacial score (nSPS) is 14.5. The summed E-state index contributed by atoms with van der Waals surface area (Å²) in [6.07, 6.45) is 5.75. The molecular formula is C26H21ClN8OS. The van der Waals surface area contributed by atoms with Crippen LogP contribution in [0, 0.1) is 0 Å². The third-order valence-corrected chi connectivity index (χ3v) is 7.71. The molecule has 11 heteroatoms. The van der Waals surface area contributed by atoms with Gasteiger partial charge in [0.1, 0.15) is 17.4 Å². The quantitative estimate of drug-likeness (QED) is 0.271. The molecule has 6 aromatic rings. The van der Waals surface area contributed by atoms with Crippen molar-refractivity contribution in [2.45, 2.75) is 18.9 Å². The molecule has 184 valence electrons. The van der Waals surface area contributed by atoms with E-state index in [1.54, 1.807) is 12.4 Å². The van der Waals surface area contributed by atoms with Gasteiger partial charge in [0, 0.05) is 16.6 Å². The Kier molecular flexibility index (Phi) is 5.57. The molecule has 1 fully saturated rings. The molecule has 0 amide bonds. The fourth-order valence-electron chi connectivity index (χ4n) is 4.60. The number of aromatic nitrogens is 7. The lowest BCUT2D eigenvalue weighted by atomic mass is 10.1. The topological polar surface area (TPSA) is 117 Å². The lowest BCUT2D eigenvalue weighted by Crippen LogP contribution is -2.34. The molecule has 7 rings (SSSR count). The van der Waals surface area contributed by atoms with Crippen molar-refractivity contribution in [3.05, 3.63) is 59.2 Å². The Morgan fingerprint density at radius 3 is 2.65 bits per heavy atom. The standard InChI is InChI=1S/C26H21ClN8OS/c27-21-6-5-20(37-21)16-9-12-29-25-22(16)32-26(33-25)24-23-19(34-35-24)4-3-18(31-23)17-2-1-15(13-30-17)36-14-7-10-28-11-8-14/h1-6,9,12-14,28H,7-8,10-11H2,(H,34,35)(H,29,32,33). The number of hydrogen-bond donors (Lipinski definition) is 3. The van der Waals surface area contributed by atoms with Gasteiger partial charge in [0.05, 0.1) is 33.0 Å². The number of halogens is 1. The van der Waals surface area contributed by atoms with Crippen molar-refractivity contribution in [1.29, 1.82) is 0 Å². The summed E-state index contributed by atoms with van der Waals surface area (Å²) in [5, 5.41) is 10.9. The van der Waals surface area contributed by atoms with E-state index in [0.29, 0.717) is 22.7 Å². The van der Waals surface area contributed by atoms with Crippen molar-refractivity contribution in [3.63, 3.8) is 0 Å². The highest BCUT2D eigenvalue weighted by Gasteiger charge is 2.18. The molecule has 6 aromatic heterocycles. The number of rotatable bonds is 5. The fraction of sp³-hybridized carbons (Fsp3) is 0.192. The highest BCUT2D eigenvalue weighted by Crippen LogP contribution is 2.35. The van der Waals surface area contributed by atoms with Crippen LogP contribution >= 0.6 is 22.9 Å². The van der Waals surface area contributed by atoms with Crippen LogP contribution in [0.25, 0.3) is 55.5 Å². The zero-order valence-electron chi connectivity index (χ0n) is 19.5. The predicted octanol–water partition coefficient (Wildman–Crippen LogP) is 5.47. The van der Waals surface area contributed by atoms with Crippen LogP contribution in [0.3, 0.4) is 0 Å². The van der Waals surface area contributed by atoms with Gasteiger partial charge in [-0.05, 0) is 68.4 Å². The number of fused-ring (bicyclic) bond motifs is 2. The van der Waals surface area contributed by atoms with Crippen molar-refractivity contribution >= 4 is 45.1 Å². The number of nitrogens with zero attached hydrogens (tertiary/aromatic N) is 5. The minimum Gasteiger partial charge on any atom is -0.489 e. The van der Waals surface area contributed by atoms with Crippen LogP contribution in [0.1, 0.15) is 12.8 Å². The van der Waals surface area contributed by atoms with Crippen molar-refractivity contribution < 1.29 is 4.74 Å². The first kappa shape index (κ1) is 22.3. The third-order valence-electron chi connectivity index (χ3n) is 6.45. The number of ether oxygens (including phenoxy) is 1. The van der Waals surface area contributed by atoms with Gasteiger partial charge >= 0.3 is 0 Å². The number of nitrogens with one attached hydrogen (secondary N) is 3. The summed E-state index contributed by atoms with van der Waals surface area (Å²) in [4.78, 5) is 23.1. The van der Waals surface area contributed by atoms with Crippen LogP contribution in [-0.2, 0) is 0 Å². The maximum atomic E-state index is 6.17. The van der Waals surface area contributed by atoms with E-state index >= 15 is 0 Å². The number of pyridine rings is 3. The van der Waals surface area contributed by atoms with Gasteiger partial charge in [0.15, 0.2) is 17.2 Å². The molecule has 0 spiro atoms. The van der Waals surface area contributed by atoms with Gasteiger partial charge in [0.25, 0.3) is 0 Å². The zero-order chi connectivity index (χ0) is 24.8. The molecule has 0 aliphatic carbocycles. The van der Waals surface area contributed by atoms with E-state index < -0.39 is 0 Å². The highest BCUT2D eigenvalue weighted by molar-refractivity contribution is 7.19. The highest BCUT2D eigenvalue weighted by atomic mass is 35.5. The summed E-state index contributed by atoms with van der Waals surface area (Å²) in [5.41, 5.74) is 6.06. The average molecular weight is 529 g/mol. The average Bonchev–Trinajstić information content (AvgIpc) is 3.67. The van der Waals surface area contributed by atoms with Gasteiger partial charge in [-0.1, -0.05) is 11.6 Å². The van der Waals surface area contributed by atoms with Crippen LogP contribution in [0.4, 0.5) is 0 Å². The van der Waals surface area contributed by atoms with E-state index in [9.17, 15) is 0 Å². The number of thiophene rings is 1. The van der Waals surface area contributed by atoms with Gasteiger partial charge < -0.3 is 15.0 Å². The van der Waals surface area contributed by atoms with Gasteiger partial charge in [-0.25, -0.2) is 15.0 Å².